The molecule has 4 nitrogen and oxygen atoms in total. The van der Waals surface area contributed by atoms with Crippen LogP contribution in [0.3, 0.4) is 0 Å². The van der Waals surface area contributed by atoms with Crippen molar-refractivity contribution in [3.8, 4) is 16.9 Å². The molecule has 0 bridgehead atoms. The van der Waals surface area contributed by atoms with E-state index in [0.29, 0.717) is 39.8 Å². The van der Waals surface area contributed by atoms with Gasteiger partial charge in [-0.25, -0.2) is 8.78 Å². The first-order valence-electron chi connectivity index (χ1n) is 11.7. The first kappa shape index (κ1) is 23.4. The number of nitrogens with zero attached hydrogens (tertiary/aromatic N) is 1. The Morgan fingerprint density at radius 1 is 1.11 bits per heavy atom. The van der Waals surface area contributed by atoms with Gasteiger partial charge >= 0.3 is 0 Å². The number of hydrogen-bond donors (Lipinski definition) is 0. The van der Waals surface area contributed by atoms with Crippen molar-refractivity contribution < 1.29 is 23.0 Å². The van der Waals surface area contributed by atoms with Crippen LogP contribution in [0.2, 0.25) is 0 Å². The number of ether oxygens (including phenoxy) is 2. The smallest absolute Gasteiger partial charge is 0.163 e. The molecule has 3 aromatic carbocycles. The molecule has 0 radical (unpaired) electrons. The zero-order valence-corrected chi connectivity index (χ0v) is 20.5. The van der Waals surface area contributed by atoms with Crippen LogP contribution in [-0.2, 0) is 16.0 Å². The largest absolute Gasteiger partial charge is 0.493 e. The molecule has 0 spiro atoms. The predicted octanol–water partition coefficient (Wildman–Crippen LogP) is 7.02. The average Bonchev–Trinajstić information content (AvgIpc) is 2.78. The number of ketones is 1. The molecule has 0 fully saturated rings. The molecular weight excluding hydrogens is 448 g/mol. The summed E-state index contributed by atoms with van der Waals surface area (Å²) in [5.41, 5.74) is 3.62. The second kappa shape index (κ2) is 8.38. The minimum absolute atomic E-state index is 0.195. The Bertz CT molecular complexity index is 1490. The van der Waals surface area contributed by atoms with E-state index in [2.05, 4.69) is 4.98 Å². The predicted molar refractivity (Wildman–Crippen MR) is 133 cm³/mol. The first-order valence-corrected chi connectivity index (χ1v) is 11.7. The highest BCUT2D eigenvalue weighted by Crippen LogP contribution is 2.45. The van der Waals surface area contributed by atoms with Crippen LogP contribution >= 0.6 is 0 Å². The molecule has 1 aliphatic rings. The van der Waals surface area contributed by atoms with Crippen LogP contribution in [0.5, 0.6) is 5.75 Å². The van der Waals surface area contributed by atoms with Crippen LogP contribution in [0.15, 0.2) is 42.6 Å². The van der Waals surface area contributed by atoms with E-state index < -0.39 is 23.3 Å². The summed E-state index contributed by atoms with van der Waals surface area (Å²) in [5, 5.41) is 1.52. The summed E-state index contributed by atoms with van der Waals surface area (Å²) in [7, 11) is 0. The average molecular weight is 476 g/mol. The minimum atomic E-state index is -0.928. The Hall–Kier alpha value is -3.38. The van der Waals surface area contributed by atoms with Crippen molar-refractivity contribution in [2.45, 2.75) is 52.7 Å². The Kier molecular flexibility index (Phi) is 5.59. The number of hydrogen-bond acceptors (Lipinski definition) is 4. The van der Waals surface area contributed by atoms with Gasteiger partial charge in [-0.3, -0.25) is 9.78 Å². The van der Waals surface area contributed by atoms with Crippen LogP contribution in [0.25, 0.3) is 32.8 Å². The van der Waals surface area contributed by atoms with Gasteiger partial charge in [-0.05, 0) is 92.6 Å². The standard InChI is InChI=1S/C29H27F2NO3/c1-15-12-20-21(13-18(30)14-22(20)31)26(24(15)28(16(2)33)35-29(3,4)5)19-6-7-23-25-17(9-11-34-23)8-10-32-27(19)25/h6-8,10,12-14,28H,9,11H2,1-5H3/t28-/m1/s1. The normalized spacial score (nSPS) is 14.3. The number of carbonyl (C=O) groups is 1. The van der Waals surface area contributed by atoms with Gasteiger partial charge in [0.25, 0.3) is 0 Å². The molecule has 1 aromatic heterocycles. The quantitative estimate of drug-likeness (QED) is 0.318. The fourth-order valence-electron chi connectivity index (χ4n) is 5.01. The van der Waals surface area contributed by atoms with Crippen LogP contribution in [-0.4, -0.2) is 23.0 Å². The highest BCUT2D eigenvalue weighted by Gasteiger charge is 2.31. The number of pyridine rings is 1. The summed E-state index contributed by atoms with van der Waals surface area (Å²) in [4.78, 5) is 17.6. The van der Waals surface area contributed by atoms with Crippen LogP contribution < -0.4 is 4.74 Å². The van der Waals surface area contributed by atoms with Crippen molar-refractivity contribution >= 4 is 27.5 Å². The lowest BCUT2D eigenvalue weighted by molar-refractivity contribution is -0.138. The zero-order chi connectivity index (χ0) is 25.1. The summed E-state index contributed by atoms with van der Waals surface area (Å²) < 4.78 is 41.7. The highest BCUT2D eigenvalue weighted by atomic mass is 19.1. The lowest BCUT2D eigenvalue weighted by Gasteiger charge is -2.30. The van der Waals surface area contributed by atoms with Gasteiger partial charge in [0.2, 0.25) is 0 Å². The molecule has 0 unspecified atom stereocenters. The Morgan fingerprint density at radius 3 is 2.60 bits per heavy atom. The van der Waals surface area contributed by atoms with E-state index in [-0.39, 0.29) is 11.2 Å². The first-order chi connectivity index (χ1) is 16.5. The molecule has 5 rings (SSSR count). The van der Waals surface area contributed by atoms with Gasteiger partial charge in [0, 0.05) is 35.0 Å². The fraction of sp³-hybridized carbons (Fsp3) is 0.310. The molecule has 1 atom stereocenters. The monoisotopic (exact) mass is 475 g/mol. The van der Waals surface area contributed by atoms with E-state index in [4.69, 9.17) is 9.47 Å². The number of aryl methyl sites for hydroxylation is 1. The molecule has 2 heterocycles. The number of carbonyl (C=O) groups excluding carboxylic acids is 1. The second-order valence-electron chi connectivity index (χ2n) is 10.1. The third-order valence-corrected chi connectivity index (χ3v) is 6.36. The van der Waals surface area contributed by atoms with Gasteiger partial charge in [-0.2, -0.15) is 0 Å². The Morgan fingerprint density at radius 2 is 1.89 bits per heavy atom. The number of rotatable bonds is 4. The number of benzene rings is 3. The maximum Gasteiger partial charge on any atom is 0.163 e. The van der Waals surface area contributed by atoms with Crippen molar-refractivity contribution in [2.75, 3.05) is 6.61 Å². The molecule has 6 heteroatoms. The summed E-state index contributed by atoms with van der Waals surface area (Å²) in [5.74, 6) is -0.824. The van der Waals surface area contributed by atoms with E-state index in [9.17, 15) is 9.18 Å². The minimum Gasteiger partial charge on any atom is -0.493 e. The van der Waals surface area contributed by atoms with Gasteiger partial charge in [0.05, 0.1) is 17.7 Å². The lowest BCUT2D eigenvalue weighted by atomic mass is 9.84. The maximum atomic E-state index is 15.0. The molecule has 0 N–H and O–H groups in total. The van der Waals surface area contributed by atoms with Gasteiger partial charge in [-0.1, -0.05) is 0 Å². The molecule has 180 valence electrons. The molecule has 0 aliphatic carbocycles. The van der Waals surface area contributed by atoms with Crippen molar-refractivity contribution in [3.63, 3.8) is 0 Å². The zero-order valence-electron chi connectivity index (χ0n) is 20.5. The number of Topliss-reactive ketones (excluding diaryl/α,β-unsaturated/α-hetero) is 1. The summed E-state index contributed by atoms with van der Waals surface area (Å²) >= 11 is 0. The molecule has 0 amide bonds. The topological polar surface area (TPSA) is 48.4 Å². The summed E-state index contributed by atoms with van der Waals surface area (Å²) in [6.45, 7) is 9.50. The molecule has 0 saturated carbocycles. The van der Waals surface area contributed by atoms with E-state index in [1.165, 1.54) is 13.0 Å². The lowest BCUT2D eigenvalue weighted by Crippen LogP contribution is -2.27. The third kappa shape index (κ3) is 4.06. The second-order valence-corrected chi connectivity index (χ2v) is 10.1. The van der Waals surface area contributed by atoms with E-state index in [1.807, 2.05) is 45.9 Å². The van der Waals surface area contributed by atoms with Crippen LogP contribution in [0.4, 0.5) is 8.78 Å². The molecule has 0 saturated heterocycles. The maximum absolute atomic E-state index is 15.0. The van der Waals surface area contributed by atoms with Crippen molar-refractivity contribution in [1.29, 1.82) is 0 Å². The van der Waals surface area contributed by atoms with E-state index in [1.54, 1.807) is 12.3 Å². The molecule has 35 heavy (non-hydrogen) atoms. The van der Waals surface area contributed by atoms with Gasteiger partial charge in [0.1, 0.15) is 23.5 Å². The number of aromatic nitrogens is 1. The van der Waals surface area contributed by atoms with Gasteiger partial charge < -0.3 is 9.47 Å². The van der Waals surface area contributed by atoms with Gasteiger partial charge in [0.15, 0.2) is 5.78 Å². The Labute approximate surface area is 202 Å². The van der Waals surface area contributed by atoms with Crippen molar-refractivity contribution in [2.24, 2.45) is 0 Å². The van der Waals surface area contributed by atoms with Crippen LogP contribution in [0, 0.1) is 18.6 Å². The summed E-state index contributed by atoms with van der Waals surface area (Å²) in [6.07, 6.45) is 1.55. The number of fused-ring (bicyclic) bond motifs is 1. The fourth-order valence-corrected chi connectivity index (χ4v) is 5.01. The van der Waals surface area contributed by atoms with E-state index in [0.717, 1.165) is 29.2 Å². The molecule has 1 aliphatic heterocycles. The highest BCUT2D eigenvalue weighted by molar-refractivity contribution is 6.09. The van der Waals surface area contributed by atoms with E-state index >= 15 is 4.39 Å². The Balaban J connectivity index is 1.95. The molecule has 4 aromatic rings. The van der Waals surface area contributed by atoms with Crippen molar-refractivity contribution in [1.82, 2.24) is 4.98 Å². The van der Waals surface area contributed by atoms with Gasteiger partial charge in [-0.15, -0.1) is 0 Å². The molecular formula is C29H27F2NO3. The third-order valence-electron chi connectivity index (χ3n) is 6.36. The SMILES string of the molecule is CC(=O)[C@@H](OC(C)(C)C)c1c(C)cc2c(F)cc(F)cc2c1-c1ccc2c3c(ccnc13)CCO2. The van der Waals surface area contributed by atoms with Crippen molar-refractivity contribution in [3.05, 3.63) is 70.9 Å². The van der Waals surface area contributed by atoms with Crippen LogP contribution in [0.1, 0.15) is 50.5 Å². The number of halogens is 2. The summed E-state index contributed by atoms with van der Waals surface area (Å²) in [6, 6.07) is 9.54.